The largest absolute Gasteiger partial charge is 0.340 e. The van der Waals surface area contributed by atoms with E-state index in [2.05, 4.69) is 32.6 Å². The Morgan fingerprint density at radius 3 is 2.45 bits per heavy atom. The van der Waals surface area contributed by atoms with Crippen LogP contribution >= 0.6 is 0 Å². The normalized spacial score (nSPS) is 14.4. The first kappa shape index (κ1) is 20.7. The van der Waals surface area contributed by atoms with Crippen molar-refractivity contribution < 1.29 is 4.79 Å². The van der Waals surface area contributed by atoms with Gasteiger partial charge in [-0.15, -0.1) is 5.10 Å². The molecule has 0 spiro atoms. The standard InChI is InChI=1S/C23H25N7O/c1-18-14-20(2-5-21(18)16-24)8-9-28-10-12-29(13-11-28)23(31)15-19-3-6-22(7-4-19)30-17-25-26-27-30/h2-7,14,17H,8-13,15H2,1H3. The molecule has 3 aromatic rings. The first-order valence-electron chi connectivity index (χ1n) is 10.4. The van der Waals surface area contributed by atoms with Crippen molar-refractivity contribution in [2.45, 2.75) is 19.8 Å². The van der Waals surface area contributed by atoms with Crippen molar-refractivity contribution in [2.24, 2.45) is 0 Å². The fourth-order valence-electron chi connectivity index (χ4n) is 3.85. The second kappa shape index (κ2) is 9.49. The minimum absolute atomic E-state index is 0.164. The number of tetrazole rings is 1. The number of hydrogen-bond donors (Lipinski definition) is 0. The van der Waals surface area contributed by atoms with Gasteiger partial charge in [0.1, 0.15) is 6.33 Å². The third-order valence-corrected chi connectivity index (χ3v) is 5.76. The first-order chi connectivity index (χ1) is 15.1. The van der Waals surface area contributed by atoms with E-state index in [1.165, 1.54) is 5.56 Å². The van der Waals surface area contributed by atoms with Crippen LogP contribution in [0.4, 0.5) is 0 Å². The summed E-state index contributed by atoms with van der Waals surface area (Å²) in [5, 5.41) is 20.2. The SMILES string of the molecule is Cc1cc(CCN2CCN(C(=O)Cc3ccc(-n4cnnn4)cc3)CC2)ccc1C#N. The predicted octanol–water partition coefficient (Wildman–Crippen LogP) is 1.77. The summed E-state index contributed by atoms with van der Waals surface area (Å²) in [6, 6.07) is 16.0. The molecule has 0 atom stereocenters. The molecule has 1 aliphatic heterocycles. The number of benzene rings is 2. The molecule has 0 radical (unpaired) electrons. The summed E-state index contributed by atoms with van der Waals surface area (Å²) in [5.41, 5.74) is 4.87. The Labute approximate surface area is 181 Å². The van der Waals surface area contributed by atoms with Crippen molar-refractivity contribution >= 4 is 5.91 Å². The van der Waals surface area contributed by atoms with E-state index in [9.17, 15) is 4.79 Å². The highest BCUT2D eigenvalue weighted by Gasteiger charge is 2.21. The van der Waals surface area contributed by atoms with E-state index in [-0.39, 0.29) is 5.91 Å². The predicted molar refractivity (Wildman–Crippen MR) is 115 cm³/mol. The maximum absolute atomic E-state index is 12.7. The molecule has 0 unspecified atom stereocenters. The molecule has 0 N–H and O–H groups in total. The molecule has 8 heteroatoms. The molecule has 2 aromatic carbocycles. The van der Waals surface area contributed by atoms with Gasteiger partial charge >= 0.3 is 0 Å². The van der Waals surface area contributed by atoms with Gasteiger partial charge in [-0.25, -0.2) is 4.68 Å². The highest BCUT2D eigenvalue weighted by Crippen LogP contribution is 2.13. The van der Waals surface area contributed by atoms with Gasteiger partial charge in [0.05, 0.1) is 23.7 Å². The smallest absolute Gasteiger partial charge is 0.227 e. The van der Waals surface area contributed by atoms with Gasteiger partial charge in [0.25, 0.3) is 0 Å². The third kappa shape index (κ3) is 5.13. The van der Waals surface area contributed by atoms with Crippen LogP contribution in [-0.2, 0) is 17.6 Å². The molecule has 1 amide bonds. The summed E-state index contributed by atoms with van der Waals surface area (Å²) >= 11 is 0. The summed E-state index contributed by atoms with van der Waals surface area (Å²) in [6.45, 7) is 6.23. The number of hydrogen-bond acceptors (Lipinski definition) is 6. The number of nitriles is 1. The number of piperazine rings is 1. The number of rotatable bonds is 6. The summed E-state index contributed by atoms with van der Waals surface area (Å²) < 4.78 is 1.59. The summed E-state index contributed by atoms with van der Waals surface area (Å²) in [7, 11) is 0. The van der Waals surface area contributed by atoms with Crippen LogP contribution in [0.2, 0.25) is 0 Å². The molecule has 0 bridgehead atoms. The number of aryl methyl sites for hydroxylation is 1. The molecular formula is C23H25N7O. The van der Waals surface area contributed by atoms with Gasteiger partial charge < -0.3 is 4.90 Å². The molecule has 1 aromatic heterocycles. The Hall–Kier alpha value is -3.57. The minimum Gasteiger partial charge on any atom is -0.340 e. The van der Waals surface area contributed by atoms with Crippen molar-refractivity contribution in [3.63, 3.8) is 0 Å². The Morgan fingerprint density at radius 1 is 1.06 bits per heavy atom. The molecule has 4 rings (SSSR count). The molecule has 1 aliphatic rings. The summed E-state index contributed by atoms with van der Waals surface area (Å²) in [5.74, 6) is 0.164. The van der Waals surface area contributed by atoms with Crippen LogP contribution in [0.3, 0.4) is 0 Å². The van der Waals surface area contributed by atoms with E-state index >= 15 is 0 Å². The van der Waals surface area contributed by atoms with E-state index in [0.29, 0.717) is 6.42 Å². The highest BCUT2D eigenvalue weighted by molar-refractivity contribution is 5.79. The lowest BCUT2D eigenvalue weighted by molar-refractivity contribution is -0.132. The average Bonchev–Trinajstić information content (AvgIpc) is 3.33. The van der Waals surface area contributed by atoms with E-state index in [1.807, 2.05) is 48.2 Å². The molecule has 31 heavy (non-hydrogen) atoms. The molecular weight excluding hydrogens is 390 g/mol. The average molecular weight is 416 g/mol. The van der Waals surface area contributed by atoms with E-state index in [0.717, 1.165) is 61.5 Å². The van der Waals surface area contributed by atoms with Gasteiger partial charge in [0.2, 0.25) is 5.91 Å². The van der Waals surface area contributed by atoms with Gasteiger partial charge in [0, 0.05) is 32.7 Å². The minimum atomic E-state index is 0.164. The van der Waals surface area contributed by atoms with Crippen LogP contribution in [0.15, 0.2) is 48.8 Å². The Balaban J connectivity index is 1.23. The summed E-state index contributed by atoms with van der Waals surface area (Å²) in [6.07, 6.45) is 2.90. The molecule has 8 nitrogen and oxygen atoms in total. The lowest BCUT2D eigenvalue weighted by Crippen LogP contribution is -2.49. The number of carbonyl (C=O) groups is 1. The fourth-order valence-corrected chi connectivity index (χ4v) is 3.85. The van der Waals surface area contributed by atoms with Crippen LogP contribution in [0.5, 0.6) is 0 Å². The third-order valence-electron chi connectivity index (χ3n) is 5.76. The topological polar surface area (TPSA) is 90.9 Å². The first-order valence-corrected chi connectivity index (χ1v) is 10.4. The molecule has 2 heterocycles. The van der Waals surface area contributed by atoms with E-state index in [1.54, 1.807) is 11.0 Å². The number of amides is 1. The quantitative estimate of drug-likeness (QED) is 0.609. The van der Waals surface area contributed by atoms with Gasteiger partial charge in [-0.1, -0.05) is 24.3 Å². The van der Waals surface area contributed by atoms with Crippen LogP contribution in [0.1, 0.15) is 22.3 Å². The molecule has 1 saturated heterocycles. The highest BCUT2D eigenvalue weighted by atomic mass is 16.2. The van der Waals surface area contributed by atoms with Crippen molar-refractivity contribution in [2.75, 3.05) is 32.7 Å². The molecule has 0 saturated carbocycles. The zero-order chi connectivity index (χ0) is 21.6. The van der Waals surface area contributed by atoms with E-state index < -0.39 is 0 Å². The van der Waals surface area contributed by atoms with Crippen LogP contribution in [0, 0.1) is 18.3 Å². The van der Waals surface area contributed by atoms with Crippen LogP contribution in [0.25, 0.3) is 5.69 Å². The summed E-state index contributed by atoms with van der Waals surface area (Å²) in [4.78, 5) is 17.1. The van der Waals surface area contributed by atoms with Gasteiger partial charge in [-0.2, -0.15) is 5.26 Å². The monoisotopic (exact) mass is 415 g/mol. The van der Waals surface area contributed by atoms with Crippen LogP contribution in [-0.4, -0.2) is 68.6 Å². The fraction of sp³-hybridized carbons (Fsp3) is 0.348. The van der Waals surface area contributed by atoms with Crippen LogP contribution < -0.4 is 0 Å². The Morgan fingerprint density at radius 2 is 1.81 bits per heavy atom. The second-order valence-corrected chi connectivity index (χ2v) is 7.83. The lowest BCUT2D eigenvalue weighted by atomic mass is 10.0. The van der Waals surface area contributed by atoms with E-state index in [4.69, 9.17) is 5.26 Å². The van der Waals surface area contributed by atoms with Crippen molar-refractivity contribution in [3.05, 3.63) is 71.0 Å². The van der Waals surface area contributed by atoms with Gasteiger partial charge in [-0.3, -0.25) is 9.69 Å². The lowest BCUT2D eigenvalue weighted by Gasteiger charge is -2.35. The Bertz CT molecular complexity index is 1060. The number of nitrogens with zero attached hydrogens (tertiary/aromatic N) is 7. The van der Waals surface area contributed by atoms with Gasteiger partial charge in [0.15, 0.2) is 0 Å². The number of aromatic nitrogens is 4. The number of carbonyl (C=O) groups excluding carboxylic acids is 1. The zero-order valence-corrected chi connectivity index (χ0v) is 17.6. The Kier molecular flexibility index (Phi) is 6.34. The molecule has 1 fully saturated rings. The molecule has 158 valence electrons. The maximum Gasteiger partial charge on any atom is 0.227 e. The van der Waals surface area contributed by atoms with Gasteiger partial charge in [-0.05, 0) is 58.7 Å². The van der Waals surface area contributed by atoms with Crippen molar-refractivity contribution in [1.82, 2.24) is 30.0 Å². The zero-order valence-electron chi connectivity index (χ0n) is 17.6. The van der Waals surface area contributed by atoms with Crippen molar-refractivity contribution in [3.8, 4) is 11.8 Å². The van der Waals surface area contributed by atoms with Crippen molar-refractivity contribution in [1.29, 1.82) is 5.26 Å². The second-order valence-electron chi connectivity index (χ2n) is 7.83. The molecule has 0 aliphatic carbocycles. The maximum atomic E-state index is 12.7.